The van der Waals surface area contributed by atoms with Crippen molar-refractivity contribution in [2.75, 3.05) is 19.8 Å². The zero-order chi connectivity index (χ0) is 28.7. The van der Waals surface area contributed by atoms with Gasteiger partial charge in [-0.2, -0.15) is 70.2 Å². The minimum Gasteiger partial charge on any atom is -0.372 e. The van der Waals surface area contributed by atoms with E-state index in [1.165, 1.54) is 0 Å². The van der Waals surface area contributed by atoms with Gasteiger partial charge in [0.25, 0.3) is 0 Å². The van der Waals surface area contributed by atoms with Crippen molar-refractivity contribution in [2.24, 2.45) is 0 Å². The molecule has 0 aromatic carbocycles. The lowest BCUT2D eigenvalue weighted by atomic mass is 9.91. The normalized spacial score (nSPS) is 17.5. The molecule has 21 heteroatoms. The molecule has 0 aliphatic carbocycles. The van der Waals surface area contributed by atoms with Crippen LogP contribution in [0, 0.1) is 0 Å². The maximum atomic E-state index is 15.2. The van der Waals surface area contributed by atoms with E-state index in [4.69, 9.17) is 0 Å². The van der Waals surface area contributed by atoms with Crippen LogP contribution in [0.15, 0.2) is 0 Å². The maximum absolute atomic E-state index is 15.2. The molecule has 0 radical (unpaired) electrons. The highest BCUT2D eigenvalue weighted by molar-refractivity contribution is 6.64. The Morgan fingerprint density at radius 1 is 0.400 bits per heavy atom. The van der Waals surface area contributed by atoms with Gasteiger partial charge in [-0.1, -0.05) is 0 Å². The van der Waals surface area contributed by atoms with Crippen LogP contribution in [0.25, 0.3) is 0 Å². The van der Waals surface area contributed by atoms with E-state index < -0.39 is 75.9 Å². The van der Waals surface area contributed by atoms with Gasteiger partial charge in [-0.05, 0) is 20.8 Å². The summed E-state index contributed by atoms with van der Waals surface area (Å²) in [6, 6.07) is 0. The SMILES string of the molecule is CCO[Si](OCC)(OCC)C(F)(C(F)(F)F)C(F)(F)C(F)(F)C(F)(F)C(F)(F)C(F)(F)C(F)(F)F. The molecule has 0 bridgehead atoms. The highest BCUT2D eigenvalue weighted by Gasteiger charge is 2.99. The second-order valence-corrected chi connectivity index (χ2v) is 9.05. The summed E-state index contributed by atoms with van der Waals surface area (Å²) in [5.74, 6) is -42.3. The zero-order valence-corrected chi connectivity index (χ0v) is 18.3. The predicted molar refractivity (Wildman–Crippen MR) is 81.3 cm³/mol. The highest BCUT2D eigenvalue weighted by Crippen LogP contribution is 2.65. The van der Waals surface area contributed by atoms with Gasteiger partial charge < -0.3 is 13.3 Å². The van der Waals surface area contributed by atoms with Crippen LogP contribution in [-0.4, -0.2) is 75.9 Å². The van der Waals surface area contributed by atoms with Crippen LogP contribution in [0.2, 0.25) is 0 Å². The minimum absolute atomic E-state index is 0.611. The summed E-state index contributed by atoms with van der Waals surface area (Å²) < 4.78 is 242. The van der Waals surface area contributed by atoms with E-state index in [1.807, 2.05) is 0 Å². The maximum Gasteiger partial charge on any atom is 0.557 e. The summed E-state index contributed by atoms with van der Waals surface area (Å²) in [4.78, 5) is 0. The molecule has 0 aromatic heterocycles. The molecule has 0 spiro atoms. The third kappa shape index (κ3) is 4.57. The number of alkyl halides is 17. The van der Waals surface area contributed by atoms with Gasteiger partial charge in [-0.3, -0.25) is 0 Å². The Hall–Kier alpha value is -1.09. The second-order valence-electron chi connectivity index (χ2n) is 6.38. The first-order chi connectivity index (χ1) is 15.2. The van der Waals surface area contributed by atoms with Crippen LogP contribution < -0.4 is 0 Å². The van der Waals surface area contributed by atoms with Gasteiger partial charge in [-0.25, -0.2) is 4.39 Å². The molecular weight excluding hydrogens is 567 g/mol. The van der Waals surface area contributed by atoms with Crippen molar-refractivity contribution in [1.29, 1.82) is 0 Å². The molecule has 35 heavy (non-hydrogen) atoms. The molecule has 0 fully saturated rings. The lowest BCUT2D eigenvalue weighted by molar-refractivity contribution is -0.453. The Morgan fingerprint density at radius 3 is 0.886 bits per heavy atom. The quantitative estimate of drug-likeness (QED) is 0.192. The molecule has 0 aliphatic rings. The monoisotopic (exact) mass is 582 g/mol. The summed E-state index contributed by atoms with van der Waals surface area (Å²) in [5.41, 5.74) is 0. The van der Waals surface area contributed by atoms with Crippen molar-refractivity contribution in [3.63, 3.8) is 0 Å². The number of hydrogen-bond acceptors (Lipinski definition) is 3. The van der Waals surface area contributed by atoms with Crippen LogP contribution in [0.1, 0.15) is 20.8 Å². The van der Waals surface area contributed by atoms with Crippen molar-refractivity contribution >= 4 is 8.80 Å². The van der Waals surface area contributed by atoms with E-state index in [0.29, 0.717) is 20.8 Å². The van der Waals surface area contributed by atoms with Crippen molar-refractivity contribution in [2.45, 2.75) is 68.0 Å². The summed E-state index contributed by atoms with van der Waals surface area (Å²) in [7, 11) is -7.16. The molecule has 0 aliphatic heterocycles. The summed E-state index contributed by atoms with van der Waals surface area (Å²) in [6.07, 6.45) is -15.3. The van der Waals surface area contributed by atoms with Crippen LogP contribution in [-0.2, 0) is 13.3 Å². The standard InChI is InChI=1S/C14H15F17O3Si/c1-4-32-35(33-5-2,34-6-3)12(25,14(29,30)31)10(21,22)8(17,18)7(15,16)9(19,20)11(23,24)13(26,27)28/h4-6H2,1-3H3. The van der Waals surface area contributed by atoms with Crippen LogP contribution in [0.5, 0.6) is 0 Å². The number of rotatable bonds is 12. The predicted octanol–water partition coefficient (Wildman–Crippen LogP) is 6.58. The fourth-order valence-electron chi connectivity index (χ4n) is 2.52. The van der Waals surface area contributed by atoms with Gasteiger partial charge in [-0.15, -0.1) is 0 Å². The largest absolute Gasteiger partial charge is 0.557 e. The van der Waals surface area contributed by atoms with Gasteiger partial charge in [0.15, 0.2) is 0 Å². The lowest BCUT2D eigenvalue weighted by Crippen LogP contribution is -2.82. The smallest absolute Gasteiger partial charge is 0.372 e. The Bertz CT molecular complexity index is 703. The van der Waals surface area contributed by atoms with E-state index in [9.17, 15) is 70.2 Å². The molecule has 0 heterocycles. The molecule has 1 atom stereocenters. The molecule has 212 valence electrons. The van der Waals surface area contributed by atoms with Gasteiger partial charge >= 0.3 is 56.1 Å². The Kier molecular flexibility index (Phi) is 9.35. The number of hydrogen-bond donors (Lipinski definition) is 0. The lowest BCUT2D eigenvalue weighted by Gasteiger charge is -2.47. The van der Waals surface area contributed by atoms with E-state index in [2.05, 4.69) is 13.3 Å². The molecule has 0 aromatic rings. The van der Waals surface area contributed by atoms with E-state index in [0.717, 1.165) is 0 Å². The molecule has 0 saturated heterocycles. The van der Waals surface area contributed by atoms with Gasteiger partial charge in [0.1, 0.15) is 0 Å². The van der Waals surface area contributed by atoms with Gasteiger partial charge in [0, 0.05) is 19.8 Å². The second kappa shape index (κ2) is 9.65. The van der Waals surface area contributed by atoms with Crippen molar-refractivity contribution < 1.29 is 87.9 Å². The average Bonchev–Trinajstić information content (AvgIpc) is 2.65. The zero-order valence-electron chi connectivity index (χ0n) is 17.3. The van der Waals surface area contributed by atoms with E-state index in [-0.39, 0.29) is 0 Å². The molecular formula is C14H15F17O3Si. The average molecular weight is 582 g/mol. The molecule has 0 saturated carbocycles. The van der Waals surface area contributed by atoms with E-state index in [1.54, 1.807) is 0 Å². The number of halogens is 17. The molecule has 0 amide bonds. The molecule has 3 nitrogen and oxygen atoms in total. The first kappa shape index (κ1) is 33.9. The van der Waals surface area contributed by atoms with Crippen molar-refractivity contribution in [3.05, 3.63) is 0 Å². The Morgan fingerprint density at radius 2 is 0.657 bits per heavy atom. The fraction of sp³-hybridized carbons (Fsp3) is 1.00. The Balaban J connectivity index is 7.53. The highest BCUT2D eigenvalue weighted by atomic mass is 28.4. The van der Waals surface area contributed by atoms with Gasteiger partial charge in [0.2, 0.25) is 0 Å². The van der Waals surface area contributed by atoms with Crippen LogP contribution >= 0.6 is 0 Å². The first-order valence-electron chi connectivity index (χ1n) is 8.81. The van der Waals surface area contributed by atoms with Crippen molar-refractivity contribution in [1.82, 2.24) is 0 Å². The third-order valence-corrected chi connectivity index (χ3v) is 7.63. The van der Waals surface area contributed by atoms with Crippen molar-refractivity contribution in [3.8, 4) is 0 Å². The fourth-order valence-corrected chi connectivity index (χ4v) is 5.40. The molecule has 1 unspecified atom stereocenters. The molecule has 0 N–H and O–H groups in total. The van der Waals surface area contributed by atoms with E-state index >= 15 is 4.39 Å². The summed E-state index contributed by atoms with van der Waals surface area (Å²) in [5, 5.41) is -7.29. The topological polar surface area (TPSA) is 27.7 Å². The first-order valence-corrected chi connectivity index (χ1v) is 10.5. The van der Waals surface area contributed by atoms with Crippen LogP contribution in [0.3, 0.4) is 0 Å². The minimum atomic E-state index is -8.67. The summed E-state index contributed by atoms with van der Waals surface area (Å²) >= 11 is 0. The summed E-state index contributed by atoms with van der Waals surface area (Å²) in [6.45, 7) is -2.19. The molecule has 0 rings (SSSR count). The van der Waals surface area contributed by atoms with Gasteiger partial charge in [0.05, 0.1) is 0 Å². The third-order valence-electron chi connectivity index (χ3n) is 4.18. The Labute approximate surface area is 185 Å². The van der Waals surface area contributed by atoms with Crippen LogP contribution in [0.4, 0.5) is 74.6 Å².